The number of carbonyl (C=O) groups is 5. The maximum atomic E-state index is 13.4. The summed E-state index contributed by atoms with van der Waals surface area (Å²) in [5.41, 5.74) is 4.70. The number of carboxylic acid groups (broad SMARTS) is 1. The number of piperidine rings is 1. The minimum absolute atomic E-state index is 0.0395. The Morgan fingerprint density at radius 2 is 1.48 bits per heavy atom. The molecule has 0 spiro atoms. The Morgan fingerprint density at radius 1 is 0.886 bits per heavy atom. The summed E-state index contributed by atoms with van der Waals surface area (Å²) in [6.07, 6.45) is 13.7. The van der Waals surface area contributed by atoms with E-state index in [0.717, 1.165) is 38.5 Å². The van der Waals surface area contributed by atoms with Gasteiger partial charge >= 0.3 is 18.0 Å². The number of hydrogen-bond donors (Lipinski definition) is 3. The van der Waals surface area contributed by atoms with Crippen molar-refractivity contribution in [1.29, 1.82) is 0 Å². The molecule has 1 heterocycles. The summed E-state index contributed by atoms with van der Waals surface area (Å²) in [6.45, 7) is 7.81. The van der Waals surface area contributed by atoms with Gasteiger partial charge in [0.2, 0.25) is 11.8 Å². The molecule has 1 aliphatic heterocycles. The highest BCUT2D eigenvalue weighted by molar-refractivity contribution is 5.90. The van der Waals surface area contributed by atoms with Crippen molar-refractivity contribution in [3.8, 4) is 0 Å². The number of primary amides is 1. The molecule has 1 rings (SSSR count). The van der Waals surface area contributed by atoms with Crippen molar-refractivity contribution in [2.24, 2.45) is 5.73 Å². The van der Waals surface area contributed by atoms with Crippen LogP contribution >= 0.6 is 0 Å². The van der Waals surface area contributed by atoms with Crippen molar-refractivity contribution in [1.82, 2.24) is 10.2 Å². The molecular weight excluding hydrogens is 566 g/mol. The molecule has 11 heteroatoms. The molecule has 44 heavy (non-hydrogen) atoms. The van der Waals surface area contributed by atoms with E-state index >= 15 is 0 Å². The molecule has 4 N–H and O–H groups in total. The predicted octanol–water partition coefficient (Wildman–Crippen LogP) is 6.00. The first-order chi connectivity index (χ1) is 20.8. The van der Waals surface area contributed by atoms with Crippen molar-refractivity contribution in [3.63, 3.8) is 0 Å². The number of nitrogens with one attached hydrogen (secondary N) is 1. The highest BCUT2D eigenvalue weighted by Crippen LogP contribution is 2.22. The average molecular weight is 626 g/mol. The normalized spacial score (nSPS) is 16.5. The molecule has 1 saturated heterocycles. The van der Waals surface area contributed by atoms with Gasteiger partial charge in [0.05, 0.1) is 6.42 Å². The quantitative estimate of drug-likeness (QED) is 0.0973. The lowest BCUT2D eigenvalue weighted by Crippen LogP contribution is -2.56. The first kappa shape index (κ1) is 39.2. The summed E-state index contributed by atoms with van der Waals surface area (Å²) < 4.78 is 11.2. The van der Waals surface area contributed by atoms with E-state index in [1.54, 1.807) is 20.8 Å². The lowest BCUT2D eigenvalue weighted by Gasteiger charge is -2.36. The number of amides is 3. The number of nitrogens with two attached hydrogens (primary N) is 1. The molecule has 1 fully saturated rings. The third-order valence-corrected chi connectivity index (χ3v) is 7.76. The van der Waals surface area contributed by atoms with Gasteiger partial charge in [-0.15, -0.1) is 0 Å². The molecule has 0 bridgehead atoms. The number of hydrogen-bond acceptors (Lipinski definition) is 7. The number of ether oxygens (including phenoxy) is 2. The molecule has 0 aliphatic carbocycles. The van der Waals surface area contributed by atoms with Crippen LogP contribution in [0.15, 0.2) is 0 Å². The smallest absolute Gasteiger partial charge is 0.410 e. The fourth-order valence-electron chi connectivity index (χ4n) is 5.43. The zero-order valence-corrected chi connectivity index (χ0v) is 27.7. The second-order valence-corrected chi connectivity index (χ2v) is 13.1. The second-order valence-electron chi connectivity index (χ2n) is 13.1. The van der Waals surface area contributed by atoms with Crippen molar-refractivity contribution in [2.45, 2.75) is 173 Å². The molecule has 254 valence electrons. The van der Waals surface area contributed by atoms with Crippen LogP contribution in [0.1, 0.15) is 150 Å². The number of likely N-dealkylation sites (tertiary alicyclic amines) is 1. The third kappa shape index (κ3) is 18.1. The van der Waals surface area contributed by atoms with Gasteiger partial charge in [0, 0.05) is 13.0 Å². The maximum Gasteiger partial charge on any atom is 0.410 e. The van der Waals surface area contributed by atoms with Crippen LogP contribution in [0.3, 0.4) is 0 Å². The van der Waals surface area contributed by atoms with E-state index in [1.807, 2.05) is 0 Å². The summed E-state index contributed by atoms with van der Waals surface area (Å²) >= 11 is 0. The van der Waals surface area contributed by atoms with E-state index < -0.39 is 53.6 Å². The number of esters is 1. The van der Waals surface area contributed by atoms with E-state index in [1.165, 1.54) is 49.8 Å². The van der Waals surface area contributed by atoms with Crippen LogP contribution in [0.4, 0.5) is 4.79 Å². The van der Waals surface area contributed by atoms with Gasteiger partial charge in [-0.1, -0.05) is 71.1 Å². The van der Waals surface area contributed by atoms with Crippen LogP contribution < -0.4 is 11.1 Å². The monoisotopic (exact) mass is 625 g/mol. The maximum absolute atomic E-state index is 13.4. The zero-order valence-electron chi connectivity index (χ0n) is 27.7. The Labute approximate surface area is 264 Å². The van der Waals surface area contributed by atoms with Crippen molar-refractivity contribution < 1.29 is 38.6 Å². The molecule has 0 saturated carbocycles. The number of unbranched alkanes of at least 4 members (excludes halogenated alkanes) is 10. The lowest BCUT2D eigenvalue weighted by atomic mass is 10.0. The number of aliphatic carboxylic acids is 1. The lowest BCUT2D eigenvalue weighted by molar-refractivity contribution is -0.155. The third-order valence-electron chi connectivity index (χ3n) is 7.76. The summed E-state index contributed by atoms with van der Waals surface area (Å²) in [4.78, 5) is 63.7. The van der Waals surface area contributed by atoms with Gasteiger partial charge in [-0.25, -0.2) is 9.59 Å². The Hall–Kier alpha value is -2.85. The van der Waals surface area contributed by atoms with E-state index in [2.05, 4.69) is 12.2 Å². The van der Waals surface area contributed by atoms with Gasteiger partial charge in [-0.2, -0.15) is 0 Å². The minimum Gasteiger partial charge on any atom is -0.481 e. The largest absolute Gasteiger partial charge is 0.481 e. The molecule has 3 atom stereocenters. The highest BCUT2D eigenvalue weighted by Gasteiger charge is 2.37. The molecule has 0 aromatic rings. The van der Waals surface area contributed by atoms with E-state index in [9.17, 15) is 24.0 Å². The Balaban J connectivity index is 2.75. The van der Waals surface area contributed by atoms with Gasteiger partial charge in [0.15, 0.2) is 0 Å². The van der Waals surface area contributed by atoms with Crippen LogP contribution in [0, 0.1) is 0 Å². The minimum atomic E-state index is -1.13. The summed E-state index contributed by atoms with van der Waals surface area (Å²) in [5, 5.41) is 11.8. The van der Waals surface area contributed by atoms with Crippen molar-refractivity contribution in [3.05, 3.63) is 0 Å². The van der Waals surface area contributed by atoms with Gasteiger partial charge in [-0.05, 0) is 65.7 Å². The van der Waals surface area contributed by atoms with Crippen LogP contribution in [-0.4, -0.2) is 70.2 Å². The molecule has 11 nitrogen and oxygen atoms in total. The van der Waals surface area contributed by atoms with E-state index in [4.69, 9.17) is 20.3 Å². The molecule has 0 aromatic carbocycles. The molecule has 0 aromatic heterocycles. The topological polar surface area (TPSA) is 165 Å². The summed E-state index contributed by atoms with van der Waals surface area (Å²) in [5.74, 6) is -2.87. The zero-order chi connectivity index (χ0) is 33.0. The Kier molecular flexibility index (Phi) is 19.4. The molecule has 0 radical (unpaired) electrons. The standard InChI is InChI=1S/C33H59N3O8/c1-5-6-7-8-9-10-11-12-13-14-15-19-25(24-28(34)37)43-31(41)26(20-18-22-29(38)39)35-30(40)27-21-16-17-23-36(27)32(42)44-33(2,3)4/h25-27H,5-24H2,1-4H3,(H2,34,37)(H,35,40)(H,38,39)/t25-,26-,27?/m0/s1. The second kappa shape index (κ2) is 21.8. The van der Waals surface area contributed by atoms with Gasteiger partial charge in [0.1, 0.15) is 23.8 Å². The molecule has 1 aliphatic rings. The molecule has 1 unspecified atom stereocenters. The van der Waals surface area contributed by atoms with E-state index in [-0.39, 0.29) is 25.7 Å². The fourth-order valence-corrected chi connectivity index (χ4v) is 5.43. The van der Waals surface area contributed by atoms with Gasteiger partial charge in [-0.3, -0.25) is 19.3 Å². The number of nitrogens with zero attached hydrogens (tertiary/aromatic N) is 1. The van der Waals surface area contributed by atoms with Crippen molar-refractivity contribution >= 4 is 29.8 Å². The predicted molar refractivity (Wildman–Crippen MR) is 169 cm³/mol. The number of rotatable bonds is 22. The van der Waals surface area contributed by atoms with Crippen LogP contribution in [-0.2, 0) is 28.7 Å². The summed E-state index contributed by atoms with van der Waals surface area (Å²) in [6, 6.07) is -1.96. The number of carbonyl (C=O) groups excluding carboxylic acids is 4. The van der Waals surface area contributed by atoms with Gasteiger partial charge < -0.3 is 25.6 Å². The Bertz CT molecular complexity index is 889. The highest BCUT2D eigenvalue weighted by atomic mass is 16.6. The van der Waals surface area contributed by atoms with Gasteiger partial charge in [0.25, 0.3) is 0 Å². The molecular formula is C33H59N3O8. The first-order valence-electron chi connectivity index (χ1n) is 16.8. The van der Waals surface area contributed by atoms with E-state index in [0.29, 0.717) is 19.4 Å². The first-order valence-corrected chi connectivity index (χ1v) is 16.8. The average Bonchev–Trinajstić information content (AvgIpc) is 2.93. The van der Waals surface area contributed by atoms with Crippen LogP contribution in [0.25, 0.3) is 0 Å². The van der Waals surface area contributed by atoms with Crippen molar-refractivity contribution in [2.75, 3.05) is 6.54 Å². The Morgan fingerprint density at radius 3 is 2.02 bits per heavy atom. The summed E-state index contributed by atoms with van der Waals surface area (Å²) in [7, 11) is 0. The SMILES string of the molecule is CCCCCCCCCCCCC[C@@H](CC(N)=O)OC(=O)[C@H](CCCC(=O)O)NC(=O)C1CCCCN1C(=O)OC(C)(C)C. The van der Waals surface area contributed by atoms with Crippen LogP contribution in [0.5, 0.6) is 0 Å². The molecule has 3 amide bonds. The number of carboxylic acids is 1. The van der Waals surface area contributed by atoms with Crippen LogP contribution in [0.2, 0.25) is 0 Å². The fraction of sp³-hybridized carbons (Fsp3) is 0.848.